The summed E-state index contributed by atoms with van der Waals surface area (Å²) in [5.41, 5.74) is 0. The van der Waals surface area contributed by atoms with E-state index < -0.39 is 17.6 Å². The van der Waals surface area contributed by atoms with Gasteiger partial charge in [0.2, 0.25) is 0 Å². The fraction of sp³-hybridized carbons (Fsp3) is 0.100. The molecule has 2 nitrogen and oxygen atoms in total. The van der Waals surface area contributed by atoms with Crippen molar-refractivity contribution >= 4 is 17.7 Å². The quantitative estimate of drug-likeness (QED) is 0.638. The molecule has 5 heteroatoms. The number of hydrogen-bond donors (Lipinski definition) is 1. The number of carboxylic acid groups (broad SMARTS) is 1. The van der Waals surface area contributed by atoms with Crippen molar-refractivity contribution in [1.29, 1.82) is 0 Å². The Morgan fingerprint density at radius 3 is 2.87 bits per heavy atom. The standard InChI is InChI=1S/C10H8F2O2S/c11-7-3-4-8(12)9(6-7)15-5-1-2-10(13)14/h1-4,6H,5H2,(H,13,14)/b2-1+. The summed E-state index contributed by atoms with van der Waals surface area (Å²) in [6.45, 7) is 0. The van der Waals surface area contributed by atoms with Crippen molar-refractivity contribution in [3.05, 3.63) is 42.0 Å². The minimum absolute atomic E-state index is 0.171. The molecular formula is C10H8F2O2S. The van der Waals surface area contributed by atoms with E-state index in [1.165, 1.54) is 6.08 Å². The first-order chi connectivity index (χ1) is 7.09. The normalized spacial score (nSPS) is 10.8. The van der Waals surface area contributed by atoms with Crippen LogP contribution in [0.2, 0.25) is 0 Å². The number of benzene rings is 1. The SMILES string of the molecule is O=C(O)/C=C/CSc1cc(F)ccc1F. The molecule has 0 radical (unpaired) electrons. The van der Waals surface area contributed by atoms with E-state index in [2.05, 4.69) is 0 Å². The lowest BCUT2D eigenvalue weighted by Gasteiger charge is -1.99. The Balaban J connectivity index is 2.57. The highest BCUT2D eigenvalue weighted by atomic mass is 32.2. The van der Waals surface area contributed by atoms with Crippen LogP contribution >= 0.6 is 11.8 Å². The van der Waals surface area contributed by atoms with E-state index in [-0.39, 0.29) is 10.6 Å². The third kappa shape index (κ3) is 4.12. The Morgan fingerprint density at radius 1 is 1.47 bits per heavy atom. The molecule has 0 unspecified atom stereocenters. The van der Waals surface area contributed by atoms with Gasteiger partial charge in [-0.2, -0.15) is 0 Å². The molecule has 0 bridgehead atoms. The van der Waals surface area contributed by atoms with Crippen molar-refractivity contribution in [2.24, 2.45) is 0 Å². The number of hydrogen-bond acceptors (Lipinski definition) is 2. The summed E-state index contributed by atoms with van der Waals surface area (Å²) in [5.74, 6) is -1.80. The van der Waals surface area contributed by atoms with Gasteiger partial charge in [0.1, 0.15) is 11.6 Å². The molecule has 0 atom stereocenters. The zero-order valence-corrected chi connectivity index (χ0v) is 8.43. The van der Waals surface area contributed by atoms with Gasteiger partial charge in [0, 0.05) is 16.7 Å². The third-order valence-corrected chi connectivity index (χ3v) is 2.47. The van der Waals surface area contributed by atoms with E-state index in [1.807, 2.05) is 0 Å². The van der Waals surface area contributed by atoms with E-state index in [9.17, 15) is 13.6 Å². The van der Waals surface area contributed by atoms with E-state index in [0.717, 1.165) is 36.0 Å². The van der Waals surface area contributed by atoms with Crippen molar-refractivity contribution in [1.82, 2.24) is 0 Å². The summed E-state index contributed by atoms with van der Waals surface area (Å²) >= 11 is 1.04. The second-order valence-electron chi connectivity index (χ2n) is 2.63. The first-order valence-corrected chi connectivity index (χ1v) is 5.05. The van der Waals surface area contributed by atoms with Gasteiger partial charge in [-0.1, -0.05) is 6.08 Å². The third-order valence-electron chi connectivity index (χ3n) is 1.49. The average molecular weight is 230 g/mol. The molecule has 0 amide bonds. The summed E-state index contributed by atoms with van der Waals surface area (Å²) < 4.78 is 25.7. The van der Waals surface area contributed by atoms with Crippen molar-refractivity contribution in [2.75, 3.05) is 5.75 Å². The Bertz CT molecular complexity index is 391. The maximum Gasteiger partial charge on any atom is 0.328 e. The highest BCUT2D eigenvalue weighted by Crippen LogP contribution is 2.22. The zero-order valence-electron chi connectivity index (χ0n) is 7.61. The summed E-state index contributed by atoms with van der Waals surface area (Å²) in [7, 11) is 0. The minimum atomic E-state index is -1.06. The lowest BCUT2D eigenvalue weighted by atomic mass is 10.3. The second kappa shape index (κ2) is 5.50. The number of rotatable bonds is 4. The molecule has 80 valence electrons. The Kier molecular flexibility index (Phi) is 4.30. The molecule has 0 fully saturated rings. The van der Waals surface area contributed by atoms with Gasteiger partial charge < -0.3 is 5.11 Å². The van der Waals surface area contributed by atoms with Crippen molar-refractivity contribution in [3.8, 4) is 0 Å². The summed E-state index contributed by atoms with van der Waals surface area (Å²) in [5, 5.41) is 8.28. The molecule has 0 saturated heterocycles. The van der Waals surface area contributed by atoms with Crippen molar-refractivity contribution in [3.63, 3.8) is 0 Å². The number of carboxylic acids is 1. The van der Waals surface area contributed by atoms with Gasteiger partial charge in [-0.15, -0.1) is 11.8 Å². The average Bonchev–Trinajstić information content (AvgIpc) is 2.17. The monoisotopic (exact) mass is 230 g/mol. The zero-order chi connectivity index (χ0) is 11.3. The van der Waals surface area contributed by atoms with Gasteiger partial charge in [-0.3, -0.25) is 0 Å². The van der Waals surface area contributed by atoms with Crippen LogP contribution in [-0.2, 0) is 4.79 Å². The van der Waals surface area contributed by atoms with Gasteiger partial charge in [-0.25, -0.2) is 13.6 Å². The van der Waals surface area contributed by atoms with Crippen LogP contribution in [0.3, 0.4) is 0 Å². The van der Waals surface area contributed by atoms with Gasteiger partial charge in [0.25, 0.3) is 0 Å². The molecule has 0 aromatic heterocycles. The van der Waals surface area contributed by atoms with Gasteiger partial charge in [-0.05, 0) is 18.2 Å². The molecule has 15 heavy (non-hydrogen) atoms. The fourth-order valence-corrected chi connectivity index (χ4v) is 1.65. The second-order valence-corrected chi connectivity index (χ2v) is 3.69. The molecule has 0 saturated carbocycles. The van der Waals surface area contributed by atoms with Gasteiger partial charge in [0.05, 0.1) is 0 Å². The first-order valence-electron chi connectivity index (χ1n) is 4.07. The maximum absolute atomic E-state index is 13.0. The number of halogens is 2. The molecule has 1 rings (SSSR count). The van der Waals surface area contributed by atoms with Crippen LogP contribution in [0.15, 0.2) is 35.2 Å². The van der Waals surface area contributed by atoms with Gasteiger partial charge >= 0.3 is 5.97 Å². The van der Waals surface area contributed by atoms with Crippen LogP contribution in [0, 0.1) is 11.6 Å². The molecule has 1 aromatic carbocycles. The van der Waals surface area contributed by atoms with Gasteiger partial charge in [0.15, 0.2) is 0 Å². The lowest BCUT2D eigenvalue weighted by molar-refractivity contribution is -0.131. The smallest absolute Gasteiger partial charge is 0.328 e. The molecule has 1 N–H and O–H groups in total. The fourth-order valence-electron chi connectivity index (χ4n) is 0.875. The van der Waals surface area contributed by atoms with Crippen LogP contribution in [-0.4, -0.2) is 16.8 Å². The Morgan fingerprint density at radius 2 is 2.20 bits per heavy atom. The topological polar surface area (TPSA) is 37.3 Å². The number of thioether (sulfide) groups is 1. The predicted octanol–water partition coefficient (Wildman–Crippen LogP) is 2.70. The molecule has 1 aromatic rings. The van der Waals surface area contributed by atoms with E-state index in [4.69, 9.17) is 5.11 Å². The highest BCUT2D eigenvalue weighted by Gasteiger charge is 2.02. The van der Waals surface area contributed by atoms with Crippen LogP contribution < -0.4 is 0 Å². The first kappa shape index (κ1) is 11.7. The predicted molar refractivity (Wildman–Crippen MR) is 53.9 cm³/mol. The van der Waals surface area contributed by atoms with Crippen molar-refractivity contribution < 1.29 is 18.7 Å². The minimum Gasteiger partial charge on any atom is -0.478 e. The summed E-state index contributed by atoms with van der Waals surface area (Å²) in [6, 6.07) is 3.15. The molecule has 0 heterocycles. The maximum atomic E-state index is 13.0. The number of carbonyl (C=O) groups is 1. The molecule has 0 aliphatic rings. The largest absolute Gasteiger partial charge is 0.478 e. The van der Waals surface area contributed by atoms with E-state index in [0.29, 0.717) is 0 Å². The van der Waals surface area contributed by atoms with Crippen LogP contribution in [0.5, 0.6) is 0 Å². The van der Waals surface area contributed by atoms with Crippen LogP contribution in [0.25, 0.3) is 0 Å². The Labute approximate surface area is 89.6 Å². The van der Waals surface area contributed by atoms with Crippen LogP contribution in [0.4, 0.5) is 8.78 Å². The van der Waals surface area contributed by atoms with E-state index >= 15 is 0 Å². The van der Waals surface area contributed by atoms with Crippen LogP contribution in [0.1, 0.15) is 0 Å². The van der Waals surface area contributed by atoms with Crippen molar-refractivity contribution in [2.45, 2.75) is 4.90 Å². The van der Waals surface area contributed by atoms with E-state index in [1.54, 1.807) is 0 Å². The molecule has 0 aliphatic heterocycles. The molecular weight excluding hydrogens is 222 g/mol. The lowest BCUT2D eigenvalue weighted by Crippen LogP contribution is -1.87. The molecule has 0 spiro atoms. The summed E-state index contributed by atoms with van der Waals surface area (Å²) in [4.78, 5) is 10.3. The highest BCUT2D eigenvalue weighted by molar-refractivity contribution is 7.99. The Hall–Kier alpha value is -1.36. The number of aliphatic carboxylic acids is 1. The molecule has 0 aliphatic carbocycles. The summed E-state index contributed by atoms with van der Waals surface area (Å²) in [6.07, 6.45) is 2.33.